The minimum atomic E-state index is -0.554. The average molecular weight is 227 g/mol. The molecule has 1 aromatic carbocycles. The predicted octanol–water partition coefficient (Wildman–Crippen LogP) is 2.21. The molecule has 0 aliphatic carbocycles. The lowest BCUT2D eigenvalue weighted by molar-refractivity contribution is -0.385. The van der Waals surface area contributed by atoms with E-state index in [0.717, 1.165) is 0 Å². The quantitative estimate of drug-likeness (QED) is 0.450. The number of nitriles is 1. The highest BCUT2D eigenvalue weighted by atomic mass is 35.5. The molecule has 1 aromatic rings. The maximum absolute atomic E-state index is 10.7. The third-order valence-corrected chi connectivity index (χ3v) is 2.15. The smallest absolute Gasteiger partial charge is 0.277 e. The fourth-order valence-electron chi connectivity index (χ4n) is 1.15. The SMILES string of the molecule is COc1cc([N+](=O)[O-])c(CCl)cc1C#N. The molecule has 1 rings (SSSR count). The van der Waals surface area contributed by atoms with Crippen LogP contribution in [0.25, 0.3) is 0 Å². The molecule has 0 atom stereocenters. The molecule has 0 spiro atoms. The normalized spacial score (nSPS) is 9.40. The van der Waals surface area contributed by atoms with Crippen LogP contribution in [0.1, 0.15) is 11.1 Å². The lowest BCUT2D eigenvalue weighted by Gasteiger charge is -2.04. The molecule has 78 valence electrons. The van der Waals surface area contributed by atoms with Gasteiger partial charge in [-0.05, 0) is 6.07 Å². The standard InChI is InChI=1S/C9H7ClN2O3/c1-15-9-3-8(12(13)14)6(4-10)2-7(9)5-11/h2-3H,4H2,1H3. The van der Waals surface area contributed by atoms with Gasteiger partial charge in [0.25, 0.3) is 5.69 Å². The second-order valence-corrected chi connectivity index (χ2v) is 2.95. The second kappa shape index (κ2) is 4.62. The Labute approximate surface area is 91.0 Å². The maximum Gasteiger partial charge on any atom is 0.277 e. The monoisotopic (exact) mass is 226 g/mol. The summed E-state index contributed by atoms with van der Waals surface area (Å²) >= 11 is 5.55. The predicted molar refractivity (Wildman–Crippen MR) is 53.9 cm³/mol. The van der Waals surface area contributed by atoms with E-state index in [9.17, 15) is 10.1 Å². The van der Waals surface area contributed by atoms with Crippen molar-refractivity contribution in [3.8, 4) is 11.8 Å². The fourth-order valence-corrected chi connectivity index (χ4v) is 1.36. The van der Waals surface area contributed by atoms with Crippen molar-refractivity contribution in [2.75, 3.05) is 7.11 Å². The van der Waals surface area contributed by atoms with Crippen molar-refractivity contribution >= 4 is 17.3 Å². The Hall–Kier alpha value is -1.80. The van der Waals surface area contributed by atoms with Crippen LogP contribution in [0.3, 0.4) is 0 Å². The summed E-state index contributed by atoms with van der Waals surface area (Å²) in [6, 6.07) is 4.45. The first-order chi connectivity index (χ1) is 7.13. The Morgan fingerprint density at radius 1 is 1.67 bits per heavy atom. The number of nitro benzene ring substituents is 1. The topological polar surface area (TPSA) is 76.2 Å². The van der Waals surface area contributed by atoms with Crippen LogP contribution in [-0.2, 0) is 5.88 Å². The van der Waals surface area contributed by atoms with Gasteiger partial charge in [0.15, 0.2) is 0 Å². The van der Waals surface area contributed by atoms with E-state index in [1.54, 1.807) is 0 Å². The van der Waals surface area contributed by atoms with Crippen LogP contribution in [0.15, 0.2) is 12.1 Å². The Balaban J connectivity index is 3.42. The maximum atomic E-state index is 10.7. The van der Waals surface area contributed by atoms with Crippen molar-refractivity contribution in [1.82, 2.24) is 0 Å². The average Bonchev–Trinajstić information content (AvgIpc) is 2.26. The highest BCUT2D eigenvalue weighted by Crippen LogP contribution is 2.29. The van der Waals surface area contributed by atoms with Gasteiger partial charge in [0.2, 0.25) is 0 Å². The molecule has 0 saturated heterocycles. The van der Waals surface area contributed by atoms with Crippen LogP contribution in [0.2, 0.25) is 0 Å². The van der Waals surface area contributed by atoms with E-state index >= 15 is 0 Å². The number of halogens is 1. The Morgan fingerprint density at radius 3 is 2.73 bits per heavy atom. The van der Waals surface area contributed by atoms with Crippen molar-refractivity contribution in [3.63, 3.8) is 0 Å². The van der Waals surface area contributed by atoms with E-state index < -0.39 is 4.92 Å². The molecule has 0 radical (unpaired) electrons. The van der Waals surface area contributed by atoms with Crippen molar-refractivity contribution in [2.24, 2.45) is 0 Å². The van der Waals surface area contributed by atoms with Crippen LogP contribution < -0.4 is 4.74 Å². The van der Waals surface area contributed by atoms with Crippen molar-refractivity contribution in [2.45, 2.75) is 5.88 Å². The number of benzene rings is 1. The molecule has 6 heteroatoms. The van der Waals surface area contributed by atoms with Gasteiger partial charge in [0.1, 0.15) is 11.8 Å². The second-order valence-electron chi connectivity index (χ2n) is 2.68. The van der Waals surface area contributed by atoms with Gasteiger partial charge >= 0.3 is 0 Å². The van der Waals surface area contributed by atoms with Crippen molar-refractivity contribution in [1.29, 1.82) is 5.26 Å². The summed E-state index contributed by atoms with van der Waals surface area (Å²) in [6.07, 6.45) is 0. The van der Waals surface area contributed by atoms with Gasteiger partial charge in [-0.15, -0.1) is 11.6 Å². The lowest BCUT2D eigenvalue weighted by Crippen LogP contribution is -1.97. The zero-order chi connectivity index (χ0) is 11.4. The van der Waals surface area contributed by atoms with Gasteiger partial charge < -0.3 is 4.74 Å². The number of alkyl halides is 1. The van der Waals surface area contributed by atoms with Crippen LogP contribution in [0.5, 0.6) is 5.75 Å². The van der Waals surface area contributed by atoms with Gasteiger partial charge in [-0.1, -0.05) is 0 Å². The number of nitrogens with zero attached hydrogens (tertiary/aromatic N) is 2. The molecular weight excluding hydrogens is 220 g/mol. The lowest BCUT2D eigenvalue weighted by atomic mass is 10.1. The first-order valence-corrected chi connectivity index (χ1v) is 4.48. The molecule has 0 saturated carbocycles. The number of hydrogen-bond acceptors (Lipinski definition) is 4. The summed E-state index contributed by atoms with van der Waals surface area (Å²) in [4.78, 5) is 10.1. The van der Waals surface area contributed by atoms with Crippen molar-refractivity contribution < 1.29 is 9.66 Å². The van der Waals surface area contributed by atoms with Crippen LogP contribution in [0, 0.1) is 21.4 Å². The van der Waals surface area contributed by atoms with Gasteiger partial charge in [0.05, 0.1) is 29.5 Å². The Morgan fingerprint density at radius 2 is 2.33 bits per heavy atom. The summed E-state index contributed by atoms with van der Waals surface area (Å²) < 4.78 is 4.86. The van der Waals surface area contributed by atoms with Gasteiger partial charge in [-0.25, -0.2) is 0 Å². The largest absolute Gasteiger partial charge is 0.495 e. The molecule has 0 aliphatic rings. The van der Waals surface area contributed by atoms with Gasteiger partial charge in [-0.2, -0.15) is 5.26 Å². The van der Waals surface area contributed by atoms with E-state index in [2.05, 4.69) is 0 Å². The van der Waals surface area contributed by atoms with E-state index in [0.29, 0.717) is 5.56 Å². The molecule has 5 nitrogen and oxygen atoms in total. The third kappa shape index (κ3) is 2.17. The van der Waals surface area contributed by atoms with Crippen LogP contribution >= 0.6 is 11.6 Å². The van der Waals surface area contributed by atoms with E-state index in [1.165, 1.54) is 19.2 Å². The molecule has 0 heterocycles. The van der Waals surface area contributed by atoms with E-state index in [-0.39, 0.29) is 22.9 Å². The zero-order valence-electron chi connectivity index (χ0n) is 7.86. The third-order valence-electron chi connectivity index (χ3n) is 1.86. The molecule has 0 aromatic heterocycles. The minimum Gasteiger partial charge on any atom is -0.495 e. The minimum absolute atomic E-state index is 0.0189. The number of rotatable bonds is 3. The number of hydrogen-bond donors (Lipinski definition) is 0. The highest BCUT2D eigenvalue weighted by molar-refractivity contribution is 6.17. The summed E-state index contributed by atoms with van der Waals surface area (Å²) in [6.45, 7) is 0. The molecule has 0 aliphatic heterocycles. The van der Waals surface area contributed by atoms with Gasteiger partial charge in [-0.3, -0.25) is 10.1 Å². The summed E-state index contributed by atoms with van der Waals surface area (Å²) in [7, 11) is 1.35. The molecule has 15 heavy (non-hydrogen) atoms. The Bertz CT molecular complexity index is 440. The first-order valence-electron chi connectivity index (χ1n) is 3.95. The molecule has 0 bridgehead atoms. The Kier molecular flexibility index (Phi) is 3.47. The molecule has 0 unspecified atom stereocenters. The molecular formula is C9H7ClN2O3. The molecule has 0 N–H and O–H groups in total. The number of nitro groups is 1. The van der Waals surface area contributed by atoms with E-state index in [1.807, 2.05) is 6.07 Å². The van der Waals surface area contributed by atoms with Gasteiger partial charge in [0, 0.05) is 5.56 Å². The van der Waals surface area contributed by atoms with E-state index in [4.69, 9.17) is 21.6 Å². The first kappa shape index (κ1) is 11.3. The van der Waals surface area contributed by atoms with Crippen LogP contribution in [-0.4, -0.2) is 12.0 Å². The fraction of sp³-hybridized carbons (Fsp3) is 0.222. The summed E-state index contributed by atoms with van der Waals surface area (Å²) in [5.74, 6) is 0.160. The highest BCUT2D eigenvalue weighted by Gasteiger charge is 2.17. The molecule has 0 fully saturated rings. The zero-order valence-corrected chi connectivity index (χ0v) is 8.61. The summed E-state index contributed by atoms with van der Waals surface area (Å²) in [5, 5.41) is 19.4. The number of methoxy groups -OCH3 is 1. The van der Waals surface area contributed by atoms with Crippen LogP contribution in [0.4, 0.5) is 5.69 Å². The molecule has 0 amide bonds. The van der Waals surface area contributed by atoms with Crippen molar-refractivity contribution in [3.05, 3.63) is 33.4 Å². The number of ether oxygens (including phenoxy) is 1. The summed E-state index contributed by atoms with van der Waals surface area (Å²) in [5.41, 5.74) is 0.401.